The minimum atomic E-state index is -0.448. The van der Waals surface area contributed by atoms with Gasteiger partial charge in [0.05, 0.1) is 10.7 Å². The van der Waals surface area contributed by atoms with Gasteiger partial charge in [0.2, 0.25) is 5.91 Å². The summed E-state index contributed by atoms with van der Waals surface area (Å²) in [5.74, 6) is 0.373. The molecule has 0 atom stereocenters. The molecule has 3 nitrogen and oxygen atoms in total. The highest BCUT2D eigenvalue weighted by molar-refractivity contribution is 14.1. The Morgan fingerprint density at radius 3 is 2.79 bits per heavy atom. The zero-order chi connectivity index (χ0) is 10.6. The van der Waals surface area contributed by atoms with Crippen molar-refractivity contribution in [2.75, 3.05) is 7.11 Å². The molecule has 0 aromatic heterocycles. The van der Waals surface area contributed by atoms with E-state index in [-0.39, 0.29) is 0 Å². The lowest BCUT2D eigenvalue weighted by Crippen LogP contribution is -2.05. The number of methoxy groups -OCH3 is 1. The van der Waals surface area contributed by atoms with Crippen LogP contribution in [0.1, 0.15) is 5.56 Å². The maximum Gasteiger partial charge on any atom is 0.241 e. The van der Waals surface area contributed by atoms with E-state index in [1.807, 2.05) is 18.2 Å². The van der Waals surface area contributed by atoms with E-state index in [1.165, 1.54) is 6.08 Å². The van der Waals surface area contributed by atoms with Gasteiger partial charge >= 0.3 is 0 Å². The molecular formula is C10H10INO2. The van der Waals surface area contributed by atoms with Gasteiger partial charge in [-0.1, -0.05) is 6.07 Å². The first-order valence-corrected chi connectivity index (χ1v) is 5.02. The second kappa shape index (κ2) is 4.99. The van der Waals surface area contributed by atoms with Crippen LogP contribution in [-0.4, -0.2) is 13.0 Å². The molecule has 2 N–H and O–H groups in total. The van der Waals surface area contributed by atoms with Crippen LogP contribution in [0, 0.1) is 3.57 Å². The van der Waals surface area contributed by atoms with E-state index in [2.05, 4.69) is 22.6 Å². The van der Waals surface area contributed by atoms with Crippen molar-refractivity contribution in [3.05, 3.63) is 33.4 Å². The number of primary amides is 1. The predicted octanol–water partition coefficient (Wildman–Crippen LogP) is 1.80. The lowest BCUT2D eigenvalue weighted by Gasteiger charge is -2.02. The molecule has 0 spiro atoms. The van der Waals surface area contributed by atoms with Crippen molar-refractivity contribution < 1.29 is 9.53 Å². The molecule has 0 saturated heterocycles. The van der Waals surface area contributed by atoms with Crippen LogP contribution < -0.4 is 10.5 Å². The summed E-state index contributed by atoms with van der Waals surface area (Å²) in [4.78, 5) is 10.5. The quantitative estimate of drug-likeness (QED) is 0.684. The van der Waals surface area contributed by atoms with Gasteiger partial charge in [-0.25, -0.2) is 0 Å². The third-order valence-electron chi connectivity index (χ3n) is 1.62. The number of carbonyl (C=O) groups excluding carboxylic acids is 1. The van der Waals surface area contributed by atoms with Crippen LogP contribution in [0.4, 0.5) is 0 Å². The number of benzene rings is 1. The Kier molecular flexibility index (Phi) is 3.94. The summed E-state index contributed by atoms with van der Waals surface area (Å²) >= 11 is 2.17. The molecule has 0 radical (unpaired) electrons. The molecule has 0 unspecified atom stereocenters. The Morgan fingerprint density at radius 1 is 1.57 bits per heavy atom. The standard InChI is InChI=1S/C10H10INO2/c1-14-9-4-2-7(6-8(9)11)3-5-10(12)13/h2-6H,1H3,(H2,12,13)/b5-3-. The number of halogens is 1. The Hall–Kier alpha value is -1.04. The van der Waals surface area contributed by atoms with Gasteiger partial charge in [0.25, 0.3) is 0 Å². The molecule has 1 aromatic rings. The second-order valence-electron chi connectivity index (χ2n) is 2.63. The Bertz CT molecular complexity index is 374. The first-order chi connectivity index (χ1) is 6.63. The summed E-state index contributed by atoms with van der Waals surface area (Å²) in [5, 5.41) is 0. The first-order valence-electron chi connectivity index (χ1n) is 3.94. The normalized spacial score (nSPS) is 10.4. The van der Waals surface area contributed by atoms with Crippen LogP contribution in [0.15, 0.2) is 24.3 Å². The average molecular weight is 303 g/mol. The molecule has 4 heteroatoms. The van der Waals surface area contributed by atoms with E-state index in [0.717, 1.165) is 14.9 Å². The van der Waals surface area contributed by atoms with Gasteiger partial charge in [-0.2, -0.15) is 0 Å². The number of hydrogen-bond donors (Lipinski definition) is 1. The largest absolute Gasteiger partial charge is 0.496 e. The molecular weight excluding hydrogens is 293 g/mol. The maximum absolute atomic E-state index is 10.5. The van der Waals surface area contributed by atoms with E-state index >= 15 is 0 Å². The fourth-order valence-electron chi connectivity index (χ4n) is 0.965. The summed E-state index contributed by atoms with van der Waals surface area (Å²) in [5.41, 5.74) is 5.91. The van der Waals surface area contributed by atoms with E-state index in [1.54, 1.807) is 13.2 Å². The Morgan fingerprint density at radius 2 is 2.29 bits per heavy atom. The van der Waals surface area contributed by atoms with E-state index in [4.69, 9.17) is 10.5 Å². The molecule has 14 heavy (non-hydrogen) atoms. The molecule has 0 fully saturated rings. The molecule has 1 amide bonds. The van der Waals surface area contributed by atoms with E-state index < -0.39 is 5.91 Å². The second-order valence-corrected chi connectivity index (χ2v) is 3.79. The summed E-state index contributed by atoms with van der Waals surface area (Å²) in [7, 11) is 1.62. The Balaban J connectivity index is 2.91. The fraction of sp³-hybridized carbons (Fsp3) is 0.100. The number of amides is 1. The van der Waals surface area contributed by atoms with Crippen LogP contribution >= 0.6 is 22.6 Å². The van der Waals surface area contributed by atoms with Crippen LogP contribution in [0.25, 0.3) is 6.08 Å². The summed E-state index contributed by atoms with van der Waals surface area (Å²) in [6.07, 6.45) is 3.00. The van der Waals surface area contributed by atoms with Gasteiger partial charge in [0, 0.05) is 6.08 Å². The van der Waals surface area contributed by atoms with Crippen molar-refractivity contribution in [2.45, 2.75) is 0 Å². The number of carbonyl (C=O) groups is 1. The third-order valence-corrected chi connectivity index (χ3v) is 2.46. The van der Waals surface area contributed by atoms with Crippen molar-refractivity contribution >= 4 is 34.6 Å². The van der Waals surface area contributed by atoms with Crippen molar-refractivity contribution in [3.8, 4) is 5.75 Å². The average Bonchev–Trinajstić information content (AvgIpc) is 2.15. The van der Waals surface area contributed by atoms with Gasteiger partial charge in [0.15, 0.2) is 0 Å². The van der Waals surface area contributed by atoms with Gasteiger partial charge < -0.3 is 10.5 Å². The number of ether oxygens (including phenoxy) is 1. The summed E-state index contributed by atoms with van der Waals surface area (Å²) < 4.78 is 6.10. The topological polar surface area (TPSA) is 52.3 Å². The lowest BCUT2D eigenvalue weighted by molar-refractivity contribution is -0.113. The van der Waals surface area contributed by atoms with Crippen molar-refractivity contribution in [3.63, 3.8) is 0 Å². The molecule has 0 bridgehead atoms. The van der Waals surface area contributed by atoms with Crippen molar-refractivity contribution in [1.29, 1.82) is 0 Å². The minimum Gasteiger partial charge on any atom is -0.496 e. The van der Waals surface area contributed by atoms with Crippen molar-refractivity contribution in [2.24, 2.45) is 5.73 Å². The monoisotopic (exact) mass is 303 g/mol. The molecule has 74 valence electrons. The van der Waals surface area contributed by atoms with E-state index in [0.29, 0.717) is 0 Å². The summed E-state index contributed by atoms with van der Waals surface area (Å²) in [6.45, 7) is 0. The number of rotatable bonds is 3. The highest BCUT2D eigenvalue weighted by Crippen LogP contribution is 2.21. The van der Waals surface area contributed by atoms with Crippen molar-refractivity contribution in [1.82, 2.24) is 0 Å². The van der Waals surface area contributed by atoms with Crippen LogP contribution in [0.3, 0.4) is 0 Å². The molecule has 0 heterocycles. The highest BCUT2D eigenvalue weighted by atomic mass is 127. The molecule has 0 aliphatic rings. The molecule has 0 saturated carbocycles. The highest BCUT2D eigenvalue weighted by Gasteiger charge is 1.98. The van der Waals surface area contributed by atoms with Crippen LogP contribution in [0.2, 0.25) is 0 Å². The SMILES string of the molecule is COc1ccc(/C=C\C(N)=O)cc1I. The van der Waals surface area contributed by atoms with E-state index in [9.17, 15) is 4.79 Å². The Labute approximate surface area is 96.1 Å². The van der Waals surface area contributed by atoms with Crippen LogP contribution in [-0.2, 0) is 4.79 Å². The number of nitrogens with two attached hydrogens (primary N) is 1. The minimum absolute atomic E-state index is 0.448. The summed E-state index contributed by atoms with van der Waals surface area (Å²) in [6, 6.07) is 5.63. The smallest absolute Gasteiger partial charge is 0.241 e. The molecule has 1 rings (SSSR count). The number of hydrogen-bond acceptors (Lipinski definition) is 2. The van der Waals surface area contributed by atoms with Crippen LogP contribution in [0.5, 0.6) is 5.75 Å². The first kappa shape index (κ1) is 11.0. The third kappa shape index (κ3) is 3.02. The molecule has 0 aliphatic carbocycles. The van der Waals surface area contributed by atoms with Gasteiger partial charge in [-0.05, 0) is 46.4 Å². The molecule has 1 aromatic carbocycles. The fourth-order valence-corrected chi connectivity index (χ4v) is 1.72. The zero-order valence-electron chi connectivity index (χ0n) is 7.66. The zero-order valence-corrected chi connectivity index (χ0v) is 9.82. The van der Waals surface area contributed by atoms with Gasteiger partial charge in [-0.3, -0.25) is 4.79 Å². The van der Waals surface area contributed by atoms with Gasteiger partial charge in [-0.15, -0.1) is 0 Å². The van der Waals surface area contributed by atoms with Gasteiger partial charge in [0.1, 0.15) is 5.75 Å². The maximum atomic E-state index is 10.5. The lowest BCUT2D eigenvalue weighted by atomic mass is 10.2. The predicted molar refractivity (Wildman–Crippen MR) is 63.9 cm³/mol. The molecule has 0 aliphatic heterocycles.